The highest BCUT2D eigenvalue weighted by Gasteiger charge is 2.26. The lowest BCUT2D eigenvalue weighted by molar-refractivity contribution is -0.131. The largest absolute Gasteiger partial charge is 0.381 e. The first kappa shape index (κ1) is 21.3. The fourth-order valence-corrected chi connectivity index (χ4v) is 2.05. The van der Waals surface area contributed by atoms with Gasteiger partial charge in [-0.3, -0.25) is 19.7 Å². The van der Waals surface area contributed by atoms with Gasteiger partial charge in [-0.1, -0.05) is 13.8 Å². The van der Waals surface area contributed by atoms with Crippen molar-refractivity contribution in [3.63, 3.8) is 0 Å². The molecule has 0 aromatic heterocycles. The van der Waals surface area contributed by atoms with Crippen LogP contribution in [-0.2, 0) is 14.4 Å². The molecule has 0 aromatic carbocycles. The molecule has 9 nitrogen and oxygen atoms in total. The summed E-state index contributed by atoms with van der Waals surface area (Å²) < 4.78 is 0. The van der Waals surface area contributed by atoms with Crippen molar-refractivity contribution in [2.24, 2.45) is 17.4 Å². The lowest BCUT2D eigenvalue weighted by atomic mass is 10.0. The van der Waals surface area contributed by atoms with E-state index in [0.29, 0.717) is 19.4 Å². The number of hydrogen-bond acceptors (Lipinski definition) is 6. The quantitative estimate of drug-likeness (QED) is 0.175. The van der Waals surface area contributed by atoms with Crippen LogP contribution in [0.25, 0.3) is 0 Å². The van der Waals surface area contributed by atoms with E-state index < -0.39 is 23.9 Å². The summed E-state index contributed by atoms with van der Waals surface area (Å²) in [4.78, 5) is 35.1. The van der Waals surface area contributed by atoms with Crippen LogP contribution < -0.4 is 27.4 Å². The van der Waals surface area contributed by atoms with Crippen LogP contribution in [0.15, 0.2) is 0 Å². The van der Waals surface area contributed by atoms with Gasteiger partial charge in [-0.2, -0.15) is 0 Å². The van der Waals surface area contributed by atoms with Crippen molar-refractivity contribution in [2.45, 2.75) is 45.2 Å². The Hall–Kier alpha value is -1.71. The molecule has 0 aromatic rings. The van der Waals surface area contributed by atoms with E-state index in [0.717, 1.165) is 6.42 Å². The van der Waals surface area contributed by atoms with E-state index in [1.165, 1.54) is 0 Å². The highest BCUT2D eigenvalue weighted by Crippen LogP contribution is 2.05. The van der Waals surface area contributed by atoms with E-state index in [1.54, 1.807) is 0 Å². The first-order valence-electron chi connectivity index (χ1n) is 7.74. The second kappa shape index (κ2) is 11.8. The lowest BCUT2D eigenvalue weighted by Gasteiger charge is -2.24. The van der Waals surface area contributed by atoms with Gasteiger partial charge in [0.1, 0.15) is 6.04 Å². The summed E-state index contributed by atoms with van der Waals surface area (Å²) in [5.74, 6) is -1.59. The third kappa shape index (κ3) is 9.11. The fraction of sp³-hybridized carbons (Fsp3) is 0.786. The standard InChI is InChI=1S/C14H29N5O4/c1-9(2)12(18-8-20)14(23)19-10(5-3-4-6-15)13(22)17-7-11(16)21/h9-10,12,18,20H,3-8,15H2,1-2H3,(H2,16,21)(H,17,22)(H,19,23)/t10-,12-/m0/s1. The predicted molar refractivity (Wildman–Crippen MR) is 85.9 cm³/mol. The molecule has 0 rings (SSSR count). The Labute approximate surface area is 136 Å². The molecule has 0 saturated carbocycles. The average Bonchev–Trinajstić information content (AvgIpc) is 2.48. The first-order chi connectivity index (χ1) is 10.8. The smallest absolute Gasteiger partial charge is 0.243 e. The number of hydrogen-bond donors (Lipinski definition) is 6. The summed E-state index contributed by atoms with van der Waals surface area (Å²) in [5, 5.41) is 16.7. The van der Waals surface area contributed by atoms with Gasteiger partial charge < -0.3 is 27.2 Å². The minimum atomic E-state index is -0.782. The number of aliphatic hydroxyl groups excluding tert-OH is 1. The first-order valence-corrected chi connectivity index (χ1v) is 7.74. The minimum absolute atomic E-state index is 0.0690. The van der Waals surface area contributed by atoms with Crippen molar-refractivity contribution in [3.8, 4) is 0 Å². The maximum Gasteiger partial charge on any atom is 0.243 e. The molecule has 0 spiro atoms. The maximum absolute atomic E-state index is 12.3. The van der Waals surface area contributed by atoms with Crippen molar-refractivity contribution in [2.75, 3.05) is 19.8 Å². The number of nitrogens with two attached hydrogens (primary N) is 2. The molecule has 0 aliphatic heterocycles. The van der Waals surface area contributed by atoms with Crippen LogP contribution >= 0.6 is 0 Å². The van der Waals surface area contributed by atoms with E-state index in [1.807, 2.05) is 13.8 Å². The Balaban J connectivity index is 4.79. The van der Waals surface area contributed by atoms with E-state index in [4.69, 9.17) is 16.6 Å². The van der Waals surface area contributed by atoms with Gasteiger partial charge in [-0.05, 0) is 31.7 Å². The summed E-state index contributed by atoms with van der Waals surface area (Å²) in [6.45, 7) is 3.50. The van der Waals surface area contributed by atoms with Crippen molar-refractivity contribution in [1.82, 2.24) is 16.0 Å². The fourth-order valence-electron chi connectivity index (χ4n) is 2.05. The zero-order chi connectivity index (χ0) is 17.8. The Kier molecular flexibility index (Phi) is 10.9. The molecule has 0 unspecified atom stereocenters. The van der Waals surface area contributed by atoms with Crippen LogP contribution in [0.3, 0.4) is 0 Å². The second-order valence-electron chi connectivity index (χ2n) is 5.61. The van der Waals surface area contributed by atoms with Crippen LogP contribution in [-0.4, -0.2) is 54.7 Å². The monoisotopic (exact) mass is 331 g/mol. The van der Waals surface area contributed by atoms with E-state index >= 15 is 0 Å². The third-order valence-corrected chi connectivity index (χ3v) is 3.28. The van der Waals surface area contributed by atoms with Gasteiger partial charge in [0.05, 0.1) is 19.3 Å². The number of aliphatic hydroxyl groups is 1. The summed E-state index contributed by atoms with van der Waals surface area (Å²) in [7, 11) is 0. The van der Waals surface area contributed by atoms with Crippen LogP contribution in [0.4, 0.5) is 0 Å². The molecule has 0 aliphatic rings. The third-order valence-electron chi connectivity index (χ3n) is 3.28. The number of carbonyl (C=O) groups is 3. The molecule has 9 heteroatoms. The van der Waals surface area contributed by atoms with Crippen LogP contribution in [0.5, 0.6) is 0 Å². The molecule has 3 amide bonds. The Morgan fingerprint density at radius 2 is 1.78 bits per heavy atom. The van der Waals surface area contributed by atoms with E-state index in [2.05, 4.69) is 16.0 Å². The van der Waals surface area contributed by atoms with Gasteiger partial charge in [0.2, 0.25) is 17.7 Å². The van der Waals surface area contributed by atoms with Gasteiger partial charge in [0.15, 0.2) is 0 Å². The molecular formula is C14H29N5O4. The Morgan fingerprint density at radius 1 is 1.13 bits per heavy atom. The molecule has 0 aliphatic carbocycles. The number of nitrogens with one attached hydrogen (secondary N) is 3. The van der Waals surface area contributed by atoms with Gasteiger partial charge in [-0.15, -0.1) is 0 Å². The van der Waals surface area contributed by atoms with Crippen LogP contribution in [0, 0.1) is 5.92 Å². The van der Waals surface area contributed by atoms with Gasteiger partial charge in [0, 0.05) is 0 Å². The number of carbonyl (C=O) groups excluding carboxylic acids is 3. The number of rotatable bonds is 12. The minimum Gasteiger partial charge on any atom is -0.381 e. The Morgan fingerprint density at radius 3 is 2.26 bits per heavy atom. The molecule has 134 valence electrons. The Bertz CT molecular complexity index is 389. The topological polar surface area (TPSA) is 160 Å². The van der Waals surface area contributed by atoms with E-state index in [9.17, 15) is 14.4 Å². The maximum atomic E-state index is 12.3. The predicted octanol–water partition coefficient (Wildman–Crippen LogP) is -2.23. The molecule has 0 bridgehead atoms. The normalized spacial score (nSPS) is 13.4. The lowest BCUT2D eigenvalue weighted by Crippen LogP contribution is -2.55. The summed E-state index contributed by atoms with van der Waals surface area (Å²) in [6.07, 6.45) is 1.78. The highest BCUT2D eigenvalue weighted by atomic mass is 16.3. The molecular weight excluding hydrogens is 302 g/mol. The summed E-state index contributed by atoms with van der Waals surface area (Å²) in [5.41, 5.74) is 10.4. The van der Waals surface area contributed by atoms with Crippen LogP contribution in [0.2, 0.25) is 0 Å². The number of unbranched alkanes of at least 4 members (excludes halogenated alkanes) is 1. The number of primary amides is 1. The van der Waals surface area contributed by atoms with Crippen LogP contribution in [0.1, 0.15) is 33.1 Å². The molecule has 0 saturated heterocycles. The van der Waals surface area contributed by atoms with Gasteiger partial charge in [-0.25, -0.2) is 0 Å². The zero-order valence-corrected chi connectivity index (χ0v) is 13.8. The molecule has 0 radical (unpaired) electrons. The zero-order valence-electron chi connectivity index (χ0n) is 13.8. The molecule has 2 atom stereocenters. The van der Waals surface area contributed by atoms with Crippen molar-refractivity contribution < 1.29 is 19.5 Å². The van der Waals surface area contributed by atoms with Crippen molar-refractivity contribution in [3.05, 3.63) is 0 Å². The molecule has 0 fully saturated rings. The van der Waals surface area contributed by atoms with Gasteiger partial charge >= 0.3 is 0 Å². The van der Waals surface area contributed by atoms with Crippen molar-refractivity contribution >= 4 is 17.7 Å². The average molecular weight is 331 g/mol. The van der Waals surface area contributed by atoms with Gasteiger partial charge in [0.25, 0.3) is 0 Å². The van der Waals surface area contributed by atoms with E-state index in [-0.39, 0.29) is 25.1 Å². The SMILES string of the molecule is CC(C)[C@H](NCO)C(=O)N[C@@H](CCCCN)C(=O)NCC(N)=O. The molecule has 8 N–H and O–H groups in total. The molecule has 23 heavy (non-hydrogen) atoms. The summed E-state index contributed by atoms with van der Waals surface area (Å²) >= 11 is 0. The highest BCUT2D eigenvalue weighted by molar-refractivity contribution is 5.91. The van der Waals surface area contributed by atoms with Crippen molar-refractivity contribution in [1.29, 1.82) is 0 Å². The second-order valence-corrected chi connectivity index (χ2v) is 5.61. The molecule has 0 heterocycles. The number of amides is 3. The summed E-state index contributed by atoms with van der Waals surface area (Å²) in [6, 6.07) is -1.41.